The zero-order valence-electron chi connectivity index (χ0n) is 22.3. The second-order valence-electron chi connectivity index (χ2n) is 10.5. The SMILES string of the molecule is COc1ccc(CN(Cc2ccco2)[C@H](c2cc3cc(C)ccc3[nH]c2=O)c2nnnn2C(C)(C)C)cc1. The van der Waals surface area contributed by atoms with Crippen molar-refractivity contribution in [2.24, 2.45) is 0 Å². The van der Waals surface area contributed by atoms with Crippen LogP contribution < -0.4 is 10.3 Å². The predicted octanol–water partition coefficient (Wildman–Crippen LogP) is 4.97. The van der Waals surface area contributed by atoms with Crippen LogP contribution in [0, 0.1) is 6.92 Å². The fourth-order valence-electron chi connectivity index (χ4n) is 4.69. The minimum Gasteiger partial charge on any atom is -0.497 e. The van der Waals surface area contributed by atoms with Crippen LogP contribution in [0.5, 0.6) is 5.75 Å². The van der Waals surface area contributed by atoms with Crippen molar-refractivity contribution in [3.8, 4) is 5.75 Å². The van der Waals surface area contributed by atoms with Crippen molar-refractivity contribution >= 4 is 10.9 Å². The average Bonchev–Trinajstić information content (AvgIpc) is 3.58. The van der Waals surface area contributed by atoms with Crippen LogP contribution in [0.4, 0.5) is 0 Å². The first-order valence-corrected chi connectivity index (χ1v) is 12.5. The van der Waals surface area contributed by atoms with Crippen molar-refractivity contribution in [3.63, 3.8) is 0 Å². The van der Waals surface area contributed by atoms with Crippen LogP contribution in [-0.4, -0.2) is 37.2 Å². The number of tetrazole rings is 1. The highest BCUT2D eigenvalue weighted by atomic mass is 16.5. The van der Waals surface area contributed by atoms with Gasteiger partial charge in [0.15, 0.2) is 5.82 Å². The Morgan fingerprint density at radius 3 is 2.55 bits per heavy atom. The highest BCUT2D eigenvalue weighted by Gasteiger charge is 2.34. The summed E-state index contributed by atoms with van der Waals surface area (Å²) in [5.74, 6) is 2.13. The molecule has 3 aromatic heterocycles. The summed E-state index contributed by atoms with van der Waals surface area (Å²) in [4.78, 5) is 18.9. The molecule has 2 aromatic carbocycles. The Morgan fingerprint density at radius 1 is 1.08 bits per heavy atom. The zero-order chi connectivity index (χ0) is 26.9. The average molecular weight is 513 g/mol. The second kappa shape index (κ2) is 10.3. The number of aromatic amines is 1. The molecule has 0 saturated carbocycles. The summed E-state index contributed by atoms with van der Waals surface area (Å²) in [6.45, 7) is 9.10. The van der Waals surface area contributed by atoms with E-state index in [1.807, 2.05) is 82.3 Å². The normalized spacial score (nSPS) is 12.8. The van der Waals surface area contributed by atoms with Gasteiger partial charge in [0.1, 0.15) is 17.6 Å². The highest BCUT2D eigenvalue weighted by molar-refractivity contribution is 5.79. The molecular formula is C29H32N6O3. The maximum atomic E-state index is 13.7. The molecule has 0 fully saturated rings. The van der Waals surface area contributed by atoms with Crippen LogP contribution in [0.1, 0.15) is 55.1 Å². The Morgan fingerprint density at radius 2 is 1.87 bits per heavy atom. The van der Waals surface area contributed by atoms with Gasteiger partial charge in [0.25, 0.3) is 5.56 Å². The molecule has 0 aliphatic rings. The molecule has 9 heteroatoms. The van der Waals surface area contributed by atoms with E-state index in [0.717, 1.165) is 33.5 Å². The molecule has 5 aromatic rings. The number of ether oxygens (including phenoxy) is 1. The standard InChI is InChI=1S/C29H32N6O3/c1-19-8-13-25-21(15-19)16-24(28(36)30-25)26(27-31-32-33-35(27)29(2,3)4)34(18-23-7-6-14-38-23)17-20-9-11-22(37-5)12-10-20/h6-16,26H,17-18H2,1-5H3,(H,30,36)/t26-/m1/s1. The van der Waals surface area contributed by atoms with E-state index < -0.39 is 11.6 Å². The molecule has 5 rings (SSSR count). The van der Waals surface area contributed by atoms with Gasteiger partial charge in [0.05, 0.1) is 25.5 Å². The number of furan rings is 1. The lowest BCUT2D eigenvalue weighted by Gasteiger charge is -2.32. The number of H-pyrrole nitrogens is 1. The van der Waals surface area contributed by atoms with E-state index in [1.54, 1.807) is 18.1 Å². The molecule has 0 saturated heterocycles. The minimum atomic E-state index is -0.565. The van der Waals surface area contributed by atoms with Crippen LogP contribution >= 0.6 is 0 Å². The van der Waals surface area contributed by atoms with Crippen LogP contribution in [0.25, 0.3) is 10.9 Å². The number of hydrogen-bond acceptors (Lipinski definition) is 7. The summed E-state index contributed by atoms with van der Waals surface area (Å²) >= 11 is 0. The number of fused-ring (bicyclic) bond motifs is 1. The molecule has 0 aliphatic carbocycles. The van der Waals surface area contributed by atoms with Crippen LogP contribution in [-0.2, 0) is 18.6 Å². The third-order valence-electron chi connectivity index (χ3n) is 6.55. The van der Waals surface area contributed by atoms with Gasteiger partial charge in [0.2, 0.25) is 0 Å². The molecule has 0 aliphatic heterocycles. The number of aromatic nitrogens is 5. The number of hydrogen-bond donors (Lipinski definition) is 1. The number of nitrogens with zero attached hydrogens (tertiary/aromatic N) is 5. The molecule has 1 N–H and O–H groups in total. The number of methoxy groups -OCH3 is 1. The van der Waals surface area contributed by atoms with Gasteiger partial charge in [-0.05, 0) is 91.5 Å². The number of pyridine rings is 1. The molecule has 38 heavy (non-hydrogen) atoms. The maximum Gasteiger partial charge on any atom is 0.253 e. The lowest BCUT2D eigenvalue weighted by Crippen LogP contribution is -2.37. The van der Waals surface area contributed by atoms with Crippen molar-refractivity contribution in [1.82, 2.24) is 30.1 Å². The Balaban J connectivity index is 1.71. The maximum absolute atomic E-state index is 13.7. The Bertz CT molecular complexity index is 1580. The number of aryl methyl sites for hydroxylation is 1. The lowest BCUT2D eigenvalue weighted by molar-refractivity contribution is 0.171. The van der Waals surface area contributed by atoms with Crippen molar-refractivity contribution < 1.29 is 9.15 Å². The third-order valence-corrected chi connectivity index (χ3v) is 6.55. The first-order valence-electron chi connectivity index (χ1n) is 12.5. The molecule has 3 heterocycles. The molecule has 0 amide bonds. The van der Waals surface area contributed by atoms with Gasteiger partial charge >= 0.3 is 0 Å². The second-order valence-corrected chi connectivity index (χ2v) is 10.5. The van der Waals surface area contributed by atoms with Crippen molar-refractivity contribution in [2.75, 3.05) is 7.11 Å². The Kier molecular flexibility index (Phi) is 6.86. The van der Waals surface area contributed by atoms with E-state index in [2.05, 4.69) is 31.5 Å². The third kappa shape index (κ3) is 5.24. The van der Waals surface area contributed by atoms with Gasteiger partial charge in [-0.3, -0.25) is 9.69 Å². The topological polar surface area (TPSA) is 102 Å². The van der Waals surface area contributed by atoms with Crippen molar-refractivity contribution in [1.29, 1.82) is 0 Å². The van der Waals surface area contributed by atoms with Crippen LogP contribution in [0.2, 0.25) is 0 Å². The minimum absolute atomic E-state index is 0.186. The van der Waals surface area contributed by atoms with Crippen LogP contribution in [0.15, 0.2) is 76.1 Å². The summed E-state index contributed by atoms with van der Waals surface area (Å²) in [5.41, 5.74) is 2.90. The van der Waals surface area contributed by atoms with E-state index in [-0.39, 0.29) is 5.56 Å². The fraction of sp³-hybridized carbons (Fsp3) is 0.310. The molecule has 1 atom stereocenters. The number of rotatable bonds is 8. The molecule has 0 bridgehead atoms. The highest BCUT2D eigenvalue weighted by Crippen LogP contribution is 2.32. The Hall–Kier alpha value is -4.24. The number of benzene rings is 2. The summed E-state index contributed by atoms with van der Waals surface area (Å²) in [6, 6.07) is 19.1. The van der Waals surface area contributed by atoms with Gasteiger partial charge in [-0.15, -0.1) is 5.10 Å². The molecule has 0 spiro atoms. The van der Waals surface area contributed by atoms with Crippen molar-refractivity contribution in [3.05, 3.63) is 106 Å². The molecule has 0 radical (unpaired) electrons. The van der Waals surface area contributed by atoms with E-state index in [9.17, 15) is 4.79 Å². The zero-order valence-corrected chi connectivity index (χ0v) is 22.3. The van der Waals surface area contributed by atoms with Gasteiger partial charge in [-0.2, -0.15) is 0 Å². The van der Waals surface area contributed by atoms with Gasteiger partial charge in [-0.25, -0.2) is 4.68 Å². The lowest BCUT2D eigenvalue weighted by atomic mass is 10.00. The summed E-state index contributed by atoms with van der Waals surface area (Å²) in [6.07, 6.45) is 1.65. The van der Waals surface area contributed by atoms with Gasteiger partial charge in [0, 0.05) is 17.6 Å². The summed E-state index contributed by atoms with van der Waals surface area (Å²) < 4.78 is 12.9. The fourth-order valence-corrected chi connectivity index (χ4v) is 4.69. The smallest absolute Gasteiger partial charge is 0.253 e. The molecule has 196 valence electrons. The number of nitrogens with one attached hydrogen (secondary N) is 1. The van der Waals surface area contributed by atoms with E-state index in [0.29, 0.717) is 24.5 Å². The van der Waals surface area contributed by atoms with E-state index in [4.69, 9.17) is 9.15 Å². The quantitative estimate of drug-likeness (QED) is 0.313. The summed E-state index contributed by atoms with van der Waals surface area (Å²) in [7, 11) is 1.65. The predicted molar refractivity (Wildman–Crippen MR) is 145 cm³/mol. The van der Waals surface area contributed by atoms with Gasteiger partial charge < -0.3 is 14.1 Å². The van der Waals surface area contributed by atoms with E-state index in [1.165, 1.54) is 0 Å². The Labute approximate surface area is 221 Å². The van der Waals surface area contributed by atoms with E-state index >= 15 is 0 Å². The largest absolute Gasteiger partial charge is 0.497 e. The van der Waals surface area contributed by atoms with Crippen molar-refractivity contribution in [2.45, 2.75) is 52.4 Å². The molecule has 9 nitrogen and oxygen atoms in total. The molecule has 0 unspecified atom stereocenters. The summed E-state index contributed by atoms with van der Waals surface area (Å²) in [5, 5.41) is 13.8. The monoisotopic (exact) mass is 512 g/mol. The molecular weight excluding hydrogens is 480 g/mol. The first kappa shape index (κ1) is 25.4. The first-order chi connectivity index (χ1) is 18.2. The van der Waals surface area contributed by atoms with Crippen LogP contribution in [0.3, 0.4) is 0 Å². The van der Waals surface area contributed by atoms with Gasteiger partial charge in [-0.1, -0.05) is 23.8 Å².